The highest BCUT2D eigenvalue weighted by Gasteiger charge is 2.44. The zero-order valence-electron chi connectivity index (χ0n) is 14.6. The second-order valence-electron chi connectivity index (χ2n) is 7.01. The maximum Gasteiger partial charge on any atom is 0.261 e. The van der Waals surface area contributed by atoms with E-state index in [1.165, 1.54) is 15.6 Å². The Kier molecular flexibility index (Phi) is 4.26. The molecule has 0 amide bonds. The summed E-state index contributed by atoms with van der Waals surface area (Å²) in [5, 5.41) is 19.1. The van der Waals surface area contributed by atoms with Gasteiger partial charge in [0.05, 0.1) is 30.0 Å². The van der Waals surface area contributed by atoms with E-state index in [-0.39, 0.29) is 31.2 Å². The van der Waals surface area contributed by atoms with E-state index in [0.717, 1.165) is 0 Å². The molecule has 9 heteroatoms. The first-order chi connectivity index (χ1) is 12.9. The highest BCUT2D eigenvalue weighted by molar-refractivity contribution is 5.76. The van der Waals surface area contributed by atoms with Gasteiger partial charge in [-0.25, -0.2) is 13.8 Å². The van der Waals surface area contributed by atoms with Crippen LogP contribution < -0.4 is 5.56 Å². The predicted octanol–water partition coefficient (Wildman–Crippen LogP) is 2.09. The van der Waals surface area contributed by atoms with Crippen molar-refractivity contribution in [2.24, 2.45) is 0 Å². The number of hydrogen-bond donors (Lipinski definition) is 1. The van der Waals surface area contributed by atoms with Gasteiger partial charge in [-0.3, -0.25) is 14.0 Å². The van der Waals surface area contributed by atoms with E-state index < -0.39 is 11.5 Å². The summed E-state index contributed by atoms with van der Waals surface area (Å²) < 4.78 is 29.7. The number of aryl methyl sites for hydroxylation is 2. The molecule has 142 valence electrons. The maximum absolute atomic E-state index is 13.3. The summed E-state index contributed by atoms with van der Waals surface area (Å²) in [6, 6.07) is 7.11. The van der Waals surface area contributed by atoms with Crippen LogP contribution in [0.4, 0.5) is 8.78 Å². The molecule has 0 atom stereocenters. The first-order valence-electron chi connectivity index (χ1n) is 8.81. The first kappa shape index (κ1) is 17.7. The van der Waals surface area contributed by atoms with Gasteiger partial charge in [-0.15, -0.1) is 5.10 Å². The largest absolute Gasteiger partial charge is 0.383 e. The minimum absolute atomic E-state index is 0.0489. The highest BCUT2D eigenvalue weighted by atomic mass is 19.3. The fourth-order valence-electron chi connectivity index (χ4n) is 3.38. The van der Waals surface area contributed by atoms with Crippen molar-refractivity contribution in [2.75, 3.05) is 0 Å². The van der Waals surface area contributed by atoms with E-state index in [1.54, 1.807) is 24.4 Å². The number of rotatable bonds is 4. The van der Waals surface area contributed by atoms with Crippen molar-refractivity contribution in [3.05, 3.63) is 52.8 Å². The van der Waals surface area contributed by atoms with E-state index in [2.05, 4.69) is 15.3 Å². The fourth-order valence-corrected chi connectivity index (χ4v) is 3.38. The van der Waals surface area contributed by atoms with Gasteiger partial charge in [-0.1, -0.05) is 17.3 Å². The molecule has 7 nitrogen and oxygen atoms in total. The molecule has 0 bridgehead atoms. The van der Waals surface area contributed by atoms with Crippen LogP contribution in [0.2, 0.25) is 0 Å². The number of hydrogen-bond acceptors (Lipinski definition) is 5. The molecule has 0 aliphatic heterocycles. The van der Waals surface area contributed by atoms with Crippen molar-refractivity contribution in [1.29, 1.82) is 0 Å². The number of alkyl halides is 2. The minimum Gasteiger partial charge on any atom is -0.383 e. The molecule has 1 saturated carbocycles. The van der Waals surface area contributed by atoms with Crippen LogP contribution in [-0.4, -0.2) is 35.6 Å². The van der Waals surface area contributed by atoms with Crippen molar-refractivity contribution in [3.8, 4) is 0 Å². The topological polar surface area (TPSA) is 85.8 Å². The average Bonchev–Trinajstić information content (AvgIpc) is 3.14. The van der Waals surface area contributed by atoms with E-state index in [1.807, 2.05) is 6.07 Å². The van der Waals surface area contributed by atoms with Gasteiger partial charge in [-0.05, 0) is 25.0 Å². The summed E-state index contributed by atoms with van der Waals surface area (Å²) in [4.78, 5) is 16.7. The van der Waals surface area contributed by atoms with Crippen LogP contribution in [0.1, 0.15) is 31.4 Å². The standard InChI is InChI=1S/C18H19F2N5O2/c19-18(20)7-5-17(27,6-8-18)15-11-25(23-22-15)10-9-24-12-21-14-4-2-1-3-13(14)16(24)26/h1-4,11-12,27H,5-10H2. The van der Waals surface area contributed by atoms with Crippen molar-refractivity contribution in [3.63, 3.8) is 0 Å². The molecular formula is C18H19F2N5O2. The van der Waals surface area contributed by atoms with Gasteiger partial charge in [0.15, 0.2) is 0 Å². The number of nitrogens with zero attached hydrogens (tertiary/aromatic N) is 5. The molecule has 1 aliphatic carbocycles. The molecule has 1 N–H and O–H groups in total. The van der Waals surface area contributed by atoms with Crippen molar-refractivity contribution in [1.82, 2.24) is 24.5 Å². The Hall–Kier alpha value is -2.68. The fraction of sp³-hybridized carbons (Fsp3) is 0.444. The quantitative estimate of drug-likeness (QED) is 0.755. The maximum atomic E-state index is 13.3. The lowest BCUT2D eigenvalue weighted by Gasteiger charge is -2.34. The zero-order valence-corrected chi connectivity index (χ0v) is 14.6. The van der Waals surface area contributed by atoms with Gasteiger partial charge in [0, 0.05) is 19.4 Å². The molecule has 1 aliphatic rings. The average molecular weight is 375 g/mol. The highest BCUT2D eigenvalue weighted by Crippen LogP contribution is 2.42. The second-order valence-corrected chi connectivity index (χ2v) is 7.01. The number of aliphatic hydroxyl groups is 1. The van der Waals surface area contributed by atoms with Crippen molar-refractivity contribution in [2.45, 2.75) is 50.3 Å². The summed E-state index contributed by atoms with van der Waals surface area (Å²) in [5.74, 6) is -2.73. The van der Waals surface area contributed by atoms with Crippen LogP contribution in [0.15, 0.2) is 41.6 Å². The summed E-state index contributed by atoms with van der Waals surface area (Å²) >= 11 is 0. The lowest BCUT2D eigenvalue weighted by Crippen LogP contribution is -2.36. The predicted molar refractivity (Wildman–Crippen MR) is 93.3 cm³/mol. The van der Waals surface area contributed by atoms with Crippen LogP contribution in [0, 0.1) is 0 Å². The molecule has 2 heterocycles. The van der Waals surface area contributed by atoms with Crippen LogP contribution in [0.25, 0.3) is 10.9 Å². The molecule has 1 aromatic carbocycles. The molecule has 4 rings (SSSR count). The Labute approximate surface area is 153 Å². The van der Waals surface area contributed by atoms with E-state index in [9.17, 15) is 18.7 Å². The minimum atomic E-state index is -2.73. The van der Waals surface area contributed by atoms with E-state index in [0.29, 0.717) is 29.7 Å². The number of halogens is 2. The third-order valence-corrected chi connectivity index (χ3v) is 5.13. The van der Waals surface area contributed by atoms with Crippen molar-refractivity contribution >= 4 is 10.9 Å². The molecule has 3 aromatic rings. The van der Waals surface area contributed by atoms with Crippen LogP contribution in [0.3, 0.4) is 0 Å². The van der Waals surface area contributed by atoms with Crippen LogP contribution in [0.5, 0.6) is 0 Å². The van der Waals surface area contributed by atoms with Gasteiger partial charge < -0.3 is 5.11 Å². The van der Waals surface area contributed by atoms with Gasteiger partial charge in [0.1, 0.15) is 11.3 Å². The van der Waals surface area contributed by atoms with Crippen molar-refractivity contribution < 1.29 is 13.9 Å². The third kappa shape index (κ3) is 3.46. The summed E-state index contributed by atoms with van der Waals surface area (Å²) in [6.45, 7) is 0.676. The van der Waals surface area contributed by atoms with Gasteiger partial charge in [-0.2, -0.15) is 0 Å². The Balaban J connectivity index is 1.48. The molecule has 2 aromatic heterocycles. The van der Waals surface area contributed by atoms with Gasteiger partial charge in [0.2, 0.25) is 5.92 Å². The Bertz CT molecular complexity index is 1020. The molecule has 0 spiro atoms. The molecule has 1 fully saturated rings. The monoisotopic (exact) mass is 375 g/mol. The number of benzene rings is 1. The van der Waals surface area contributed by atoms with Crippen LogP contribution in [-0.2, 0) is 18.7 Å². The second kappa shape index (κ2) is 6.49. The molecule has 0 radical (unpaired) electrons. The first-order valence-corrected chi connectivity index (χ1v) is 8.81. The normalized spacial score (nSPS) is 18.6. The number of para-hydroxylation sites is 1. The van der Waals surface area contributed by atoms with Crippen LogP contribution >= 0.6 is 0 Å². The SMILES string of the molecule is O=c1c2ccccc2ncn1CCn1cc(C2(O)CCC(F)(F)CC2)nn1. The lowest BCUT2D eigenvalue weighted by molar-refractivity contribution is -0.108. The van der Waals surface area contributed by atoms with E-state index in [4.69, 9.17) is 0 Å². The molecular weight excluding hydrogens is 356 g/mol. The lowest BCUT2D eigenvalue weighted by atomic mass is 9.81. The molecule has 0 unspecified atom stereocenters. The summed E-state index contributed by atoms with van der Waals surface area (Å²) in [6.07, 6.45) is 2.21. The number of aromatic nitrogens is 5. The smallest absolute Gasteiger partial charge is 0.261 e. The zero-order chi connectivity index (χ0) is 19.1. The van der Waals surface area contributed by atoms with Gasteiger partial charge in [0.25, 0.3) is 5.56 Å². The number of fused-ring (bicyclic) bond motifs is 1. The summed E-state index contributed by atoms with van der Waals surface area (Å²) in [7, 11) is 0. The molecule has 27 heavy (non-hydrogen) atoms. The van der Waals surface area contributed by atoms with Gasteiger partial charge >= 0.3 is 0 Å². The van der Waals surface area contributed by atoms with E-state index >= 15 is 0 Å². The molecule has 0 saturated heterocycles. The third-order valence-electron chi connectivity index (χ3n) is 5.13. The Morgan fingerprint density at radius 1 is 1.11 bits per heavy atom. The Morgan fingerprint density at radius 3 is 2.63 bits per heavy atom. The Morgan fingerprint density at radius 2 is 1.85 bits per heavy atom. The summed E-state index contributed by atoms with van der Waals surface area (Å²) in [5.41, 5.74) is -0.587.